The minimum Gasteiger partial charge on any atom is -0.500 e. The maximum atomic E-state index is 5.97. The van der Waals surface area contributed by atoms with E-state index in [0.29, 0.717) is 11.3 Å². The minimum absolute atomic E-state index is 0. The Balaban J connectivity index is 0.000000212. The Morgan fingerprint density at radius 3 is 2.23 bits per heavy atom. The molecule has 0 bridgehead atoms. The van der Waals surface area contributed by atoms with Crippen LogP contribution in [0.2, 0.25) is 17.3 Å². The predicted molar refractivity (Wildman–Crippen MR) is 198 cm³/mol. The molecule has 0 amide bonds. The number of rotatable bonds is 7. The van der Waals surface area contributed by atoms with Crippen molar-refractivity contribution in [1.82, 2.24) is 9.97 Å². The van der Waals surface area contributed by atoms with E-state index in [1.807, 2.05) is 42.6 Å². The first-order valence-corrected chi connectivity index (χ1v) is 24.0. The van der Waals surface area contributed by atoms with Crippen LogP contribution in [0.1, 0.15) is 70.1 Å². The first kappa shape index (κ1) is 36.8. The molecule has 0 saturated heterocycles. The summed E-state index contributed by atoms with van der Waals surface area (Å²) in [5, 5.41) is 2.32. The number of pyridine rings is 2. The molecule has 0 aliphatic rings. The van der Waals surface area contributed by atoms with E-state index in [1.54, 1.807) is 0 Å². The molecule has 0 fully saturated rings. The van der Waals surface area contributed by atoms with Gasteiger partial charge in [0.05, 0.1) is 5.58 Å². The Morgan fingerprint density at radius 1 is 0.851 bits per heavy atom. The molecule has 0 unspecified atom stereocenters. The number of nitrogens with zero attached hydrogens (tertiary/aromatic N) is 2. The average molecular weight is 862 g/mol. The van der Waals surface area contributed by atoms with Gasteiger partial charge in [0.2, 0.25) is 0 Å². The third-order valence-corrected chi connectivity index (χ3v) is 13.1. The number of furan rings is 1. The SMILES string of the molecule is CC(C)(C)Cc1cc(-c2[c-]cccc2)nc[c]1[Ge]([CH3])([CH3])[CH3].CCC(CC)c1ccnc(-c2[c-]cc3oc4ccccc4c3c2C)c1.[Ir]. The molecular formula is C42H48GeIrN2O-2. The van der Waals surface area contributed by atoms with Crippen LogP contribution in [0.25, 0.3) is 44.5 Å². The first-order valence-electron chi connectivity index (χ1n) is 16.6. The molecule has 0 aliphatic heterocycles. The molecule has 3 nitrogen and oxygen atoms in total. The van der Waals surface area contributed by atoms with Gasteiger partial charge in [-0.25, -0.2) is 0 Å². The average Bonchev–Trinajstić information content (AvgIpc) is 3.41. The molecule has 0 saturated carbocycles. The molecule has 5 heteroatoms. The summed E-state index contributed by atoms with van der Waals surface area (Å²) < 4.78 is 7.50. The number of hydrogen-bond acceptors (Lipinski definition) is 3. The number of para-hydroxylation sites is 1. The minimum atomic E-state index is -1.90. The second-order valence-corrected chi connectivity index (χ2v) is 25.2. The van der Waals surface area contributed by atoms with Gasteiger partial charge in [-0.05, 0) is 36.6 Å². The zero-order valence-electron chi connectivity index (χ0n) is 29.4. The Kier molecular flexibility index (Phi) is 12.1. The van der Waals surface area contributed by atoms with Gasteiger partial charge in [-0.2, -0.15) is 0 Å². The third kappa shape index (κ3) is 8.71. The largest absolute Gasteiger partial charge is 0.500 e. The molecule has 3 aromatic carbocycles. The van der Waals surface area contributed by atoms with Crippen LogP contribution in [0.3, 0.4) is 0 Å². The van der Waals surface area contributed by atoms with Gasteiger partial charge < -0.3 is 9.40 Å². The zero-order valence-corrected chi connectivity index (χ0v) is 33.9. The number of aromatic nitrogens is 2. The topological polar surface area (TPSA) is 38.9 Å². The van der Waals surface area contributed by atoms with Gasteiger partial charge in [-0.1, -0.05) is 56.0 Å². The van der Waals surface area contributed by atoms with Crippen LogP contribution < -0.4 is 4.40 Å². The normalized spacial score (nSPS) is 11.8. The van der Waals surface area contributed by atoms with Gasteiger partial charge in [-0.15, -0.1) is 23.3 Å². The van der Waals surface area contributed by atoms with Crippen molar-refractivity contribution in [2.24, 2.45) is 5.41 Å². The molecule has 0 N–H and O–H groups in total. The summed E-state index contributed by atoms with van der Waals surface area (Å²) in [4.78, 5) is 9.35. The van der Waals surface area contributed by atoms with E-state index >= 15 is 0 Å². The van der Waals surface area contributed by atoms with E-state index in [0.717, 1.165) is 58.3 Å². The predicted octanol–water partition coefficient (Wildman–Crippen LogP) is 11.3. The maximum absolute atomic E-state index is 5.97. The summed E-state index contributed by atoms with van der Waals surface area (Å²) in [6, 6.07) is 31.6. The van der Waals surface area contributed by atoms with Crippen molar-refractivity contribution in [3.63, 3.8) is 0 Å². The van der Waals surface area contributed by atoms with Gasteiger partial charge >= 0.3 is 132 Å². The fraction of sp³-hybridized carbons (Fsp3) is 0.333. The summed E-state index contributed by atoms with van der Waals surface area (Å²) in [5.41, 5.74) is 10.3. The summed E-state index contributed by atoms with van der Waals surface area (Å²) in [6.45, 7) is 13.6. The molecule has 0 atom stereocenters. The summed E-state index contributed by atoms with van der Waals surface area (Å²) >= 11 is -1.90. The third-order valence-electron chi connectivity index (χ3n) is 8.72. The summed E-state index contributed by atoms with van der Waals surface area (Å²) in [6.07, 6.45) is 7.46. The zero-order chi connectivity index (χ0) is 33.1. The number of fused-ring (bicyclic) bond motifs is 3. The van der Waals surface area contributed by atoms with Crippen LogP contribution in [-0.4, -0.2) is 23.2 Å². The fourth-order valence-corrected chi connectivity index (χ4v) is 9.68. The Bertz CT molecular complexity index is 1930. The van der Waals surface area contributed by atoms with Crippen molar-refractivity contribution in [2.45, 2.75) is 84.0 Å². The second kappa shape index (κ2) is 15.4. The molecule has 3 aromatic heterocycles. The van der Waals surface area contributed by atoms with Crippen LogP contribution in [0.15, 0.2) is 89.6 Å². The van der Waals surface area contributed by atoms with Gasteiger partial charge in [0, 0.05) is 31.7 Å². The molecule has 3 heterocycles. The number of hydrogen-bond donors (Lipinski definition) is 0. The van der Waals surface area contributed by atoms with Crippen LogP contribution in [-0.2, 0) is 26.5 Å². The van der Waals surface area contributed by atoms with Crippen LogP contribution in [0.5, 0.6) is 0 Å². The summed E-state index contributed by atoms with van der Waals surface area (Å²) in [5.74, 6) is 7.91. The summed E-state index contributed by atoms with van der Waals surface area (Å²) in [7, 11) is 0. The van der Waals surface area contributed by atoms with Gasteiger partial charge in [0.15, 0.2) is 0 Å². The smallest absolute Gasteiger partial charge is 0.120 e. The quantitative estimate of drug-likeness (QED) is 0.119. The number of benzene rings is 3. The van der Waals surface area contributed by atoms with Gasteiger partial charge in [0.25, 0.3) is 0 Å². The van der Waals surface area contributed by atoms with E-state index < -0.39 is 13.3 Å². The Hall–Kier alpha value is -3.05. The standard InChI is InChI=1S/C23H22NO.C19H26GeN.Ir/c1-4-16(5-2)17-12-13-24-20(14-17)18-10-11-22-23(15(18)3)19-8-6-7-9-21(19)25-22;1-19(2,3)13-16-12-18(15-10-8-7-9-11-15)21-14-17(16)20(4,5)6;/h6-9,11-14,16H,4-5H2,1-3H3;7-10,12,14H,13H2,1-6H3;/q2*-1;. The first-order chi connectivity index (χ1) is 21.9. The Morgan fingerprint density at radius 2 is 1.57 bits per heavy atom. The van der Waals surface area contributed by atoms with Crippen molar-refractivity contribution < 1.29 is 24.5 Å². The van der Waals surface area contributed by atoms with E-state index in [4.69, 9.17) is 9.40 Å². The Labute approximate surface area is 298 Å². The monoisotopic (exact) mass is 863 g/mol. The molecule has 6 rings (SSSR count). The second-order valence-electron chi connectivity index (χ2n) is 14.6. The van der Waals surface area contributed by atoms with Crippen molar-refractivity contribution in [3.05, 3.63) is 114 Å². The van der Waals surface area contributed by atoms with E-state index in [2.05, 4.69) is 119 Å². The van der Waals surface area contributed by atoms with Crippen molar-refractivity contribution >= 4 is 39.6 Å². The van der Waals surface area contributed by atoms with Crippen molar-refractivity contribution in [2.75, 3.05) is 0 Å². The maximum Gasteiger partial charge on any atom is 0.120 e. The van der Waals surface area contributed by atoms with E-state index in [-0.39, 0.29) is 20.1 Å². The van der Waals surface area contributed by atoms with Crippen molar-refractivity contribution in [1.29, 1.82) is 0 Å². The molecule has 0 aliphatic carbocycles. The fourth-order valence-electron chi connectivity index (χ4n) is 6.38. The van der Waals surface area contributed by atoms with Gasteiger partial charge in [-0.3, -0.25) is 0 Å². The molecule has 47 heavy (non-hydrogen) atoms. The number of aryl methyl sites for hydroxylation is 1. The van der Waals surface area contributed by atoms with E-state index in [1.165, 1.54) is 26.5 Å². The van der Waals surface area contributed by atoms with Crippen LogP contribution in [0, 0.1) is 24.5 Å². The molecule has 6 aromatic rings. The molecular weight excluding hydrogens is 813 g/mol. The van der Waals surface area contributed by atoms with Crippen LogP contribution >= 0.6 is 0 Å². The van der Waals surface area contributed by atoms with Gasteiger partial charge in [0.1, 0.15) is 5.58 Å². The molecule has 1 radical (unpaired) electrons. The molecule has 247 valence electrons. The molecule has 0 spiro atoms. The van der Waals surface area contributed by atoms with Crippen LogP contribution in [0.4, 0.5) is 0 Å². The van der Waals surface area contributed by atoms with E-state index in [9.17, 15) is 0 Å². The van der Waals surface area contributed by atoms with Crippen molar-refractivity contribution in [3.8, 4) is 22.5 Å².